The van der Waals surface area contributed by atoms with Gasteiger partial charge in [0.1, 0.15) is 17.3 Å². The zero-order chi connectivity index (χ0) is 10.7. The van der Waals surface area contributed by atoms with Gasteiger partial charge in [-0.1, -0.05) is 0 Å². The molecule has 0 aliphatic rings. The summed E-state index contributed by atoms with van der Waals surface area (Å²) in [4.78, 5) is 11.0. The van der Waals surface area contributed by atoms with E-state index in [1.54, 1.807) is 12.1 Å². The van der Waals surface area contributed by atoms with Crippen molar-refractivity contribution >= 4 is 5.78 Å². The Morgan fingerprint density at radius 3 is 2.64 bits per heavy atom. The van der Waals surface area contributed by atoms with Crippen molar-refractivity contribution in [2.75, 3.05) is 7.11 Å². The number of Topliss-reactive ketones (excluding diaryl/α,β-unsaturated/α-hetero) is 1. The van der Waals surface area contributed by atoms with Crippen LogP contribution in [0, 0.1) is 6.92 Å². The highest BCUT2D eigenvalue weighted by atomic mass is 16.5. The summed E-state index contributed by atoms with van der Waals surface area (Å²) in [7, 11) is 1.53. The average molecular weight is 194 g/mol. The van der Waals surface area contributed by atoms with E-state index < -0.39 is 0 Å². The van der Waals surface area contributed by atoms with Crippen molar-refractivity contribution in [3.05, 3.63) is 23.3 Å². The number of rotatable bonds is 3. The van der Waals surface area contributed by atoms with Gasteiger partial charge < -0.3 is 9.84 Å². The number of ketones is 1. The van der Waals surface area contributed by atoms with Gasteiger partial charge in [-0.2, -0.15) is 0 Å². The van der Waals surface area contributed by atoms with E-state index in [-0.39, 0.29) is 18.0 Å². The van der Waals surface area contributed by atoms with E-state index in [9.17, 15) is 9.90 Å². The van der Waals surface area contributed by atoms with Gasteiger partial charge in [0, 0.05) is 12.0 Å². The third-order valence-electron chi connectivity index (χ3n) is 1.98. The molecule has 0 fully saturated rings. The summed E-state index contributed by atoms with van der Waals surface area (Å²) in [5.41, 5.74) is 1.47. The van der Waals surface area contributed by atoms with E-state index in [1.807, 2.05) is 6.92 Å². The van der Waals surface area contributed by atoms with Gasteiger partial charge in [0.2, 0.25) is 0 Å². The summed E-state index contributed by atoms with van der Waals surface area (Å²) in [6.07, 6.45) is 0.204. The van der Waals surface area contributed by atoms with Crippen molar-refractivity contribution in [1.82, 2.24) is 0 Å². The van der Waals surface area contributed by atoms with Crippen LogP contribution in [0.2, 0.25) is 0 Å². The summed E-state index contributed by atoms with van der Waals surface area (Å²) in [6.45, 7) is 3.35. The van der Waals surface area contributed by atoms with Crippen molar-refractivity contribution < 1.29 is 14.6 Å². The number of phenolic OH excluding ortho intramolecular Hbond substituents is 1. The van der Waals surface area contributed by atoms with E-state index in [4.69, 9.17) is 4.74 Å². The lowest BCUT2D eigenvalue weighted by Gasteiger charge is -2.10. The fourth-order valence-corrected chi connectivity index (χ4v) is 1.37. The molecule has 1 N–H and O–H groups in total. The molecule has 1 aromatic rings. The third-order valence-corrected chi connectivity index (χ3v) is 1.98. The van der Waals surface area contributed by atoms with Crippen LogP contribution in [0.25, 0.3) is 0 Å². The molecule has 0 heterocycles. The SMILES string of the molecule is COc1cc(C)cc(O)c1CC(C)=O. The second-order valence-corrected chi connectivity index (χ2v) is 3.34. The number of benzene rings is 1. The Kier molecular flexibility index (Phi) is 3.12. The number of phenols is 1. The number of hydrogen-bond acceptors (Lipinski definition) is 3. The molecule has 0 unspecified atom stereocenters. The molecule has 0 atom stereocenters. The average Bonchev–Trinajstić information content (AvgIpc) is 2.08. The standard InChI is InChI=1S/C11H14O3/c1-7-4-10(13)9(6-8(2)12)11(5-7)14-3/h4-5,13H,6H2,1-3H3. The molecule has 3 nitrogen and oxygen atoms in total. The molecular weight excluding hydrogens is 180 g/mol. The summed E-state index contributed by atoms with van der Waals surface area (Å²) in [5.74, 6) is 0.692. The smallest absolute Gasteiger partial charge is 0.134 e. The number of ether oxygens (including phenoxy) is 1. The highest BCUT2D eigenvalue weighted by molar-refractivity contribution is 5.80. The lowest BCUT2D eigenvalue weighted by Crippen LogP contribution is -2.00. The van der Waals surface area contributed by atoms with Crippen LogP contribution >= 0.6 is 0 Å². The number of carbonyl (C=O) groups excluding carboxylic acids is 1. The summed E-state index contributed by atoms with van der Waals surface area (Å²) in [5, 5.41) is 9.62. The van der Waals surface area contributed by atoms with Crippen LogP contribution in [0.3, 0.4) is 0 Å². The van der Waals surface area contributed by atoms with Crippen LogP contribution in [0.4, 0.5) is 0 Å². The van der Waals surface area contributed by atoms with E-state index in [0.717, 1.165) is 5.56 Å². The molecule has 0 aliphatic carbocycles. The van der Waals surface area contributed by atoms with Gasteiger partial charge >= 0.3 is 0 Å². The number of aromatic hydroxyl groups is 1. The van der Waals surface area contributed by atoms with Gasteiger partial charge in [0.05, 0.1) is 7.11 Å². The van der Waals surface area contributed by atoms with Crippen LogP contribution in [-0.2, 0) is 11.2 Å². The minimum atomic E-state index is 0.00227. The van der Waals surface area contributed by atoms with E-state index in [0.29, 0.717) is 11.3 Å². The monoisotopic (exact) mass is 194 g/mol. The van der Waals surface area contributed by atoms with Crippen LogP contribution in [0.1, 0.15) is 18.1 Å². The molecular formula is C11H14O3. The molecule has 1 rings (SSSR count). The van der Waals surface area contributed by atoms with Crippen molar-refractivity contribution in [3.63, 3.8) is 0 Å². The van der Waals surface area contributed by atoms with Gasteiger partial charge in [-0.25, -0.2) is 0 Å². The minimum absolute atomic E-state index is 0.00227. The highest BCUT2D eigenvalue weighted by Crippen LogP contribution is 2.29. The van der Waals surface area contributed by atoms with Gasteiger partial charge in [0.15, 0.2) is 0 Å². The van der Waals surface area contributed by atoms with E-state index >= 15 is 0 Å². The van der Waals surface area contributed by atoms with Crippen LogP contribution in [0.5, 0.6) is 11.5 Å². The Hall–Kier alpha value is -1.51. The maximum atomic E-state index is 11.0. The van der Waals surface area contributed by atoms with Gasteiger partial charge in [0.25, 0.3) is 0 Å². The normalized spacial score (nSPS) is 9.93. The Morgan fingerprint density at radius 1 is 1.50 bits per heavy atom. The zero-order valence-corrected chi connectivity index (χ0v) is 8.63. The van der Waals surface area contributed by atoms with Crippen molar-refractivity contribution in [2.24, 2.45) is 0 Å². The first-order valence-corrected chi connectivity index (χ1v) is 4.40. The third kappa shape index (κ3) is 2.25. The van der Waals surface area contributed by atoms with Crippen LogP contribution in [0.15, 0.2) is 12.1 Å². The molecule has 3 heteroatoms. The molecule has 0 aromatic heterocycles. The lowest BCUT2D eigenvalue weighted by molar-refractivity contribution is -0.116. The molecule has 76 valence electrons. The Morgan fingerprint density at radius 2 is 2.14 bits per heavy atom. The lowest BCUT2D eigenvalue weighted by atomic mass is 10.0. The Labute approximate surface area is 83.3 Å². The molecule has 0 radical (unpaired) electrons. The molecule has 0 spiro atoms. The zero-order valence-electron chi connectivity index (χ0n) is 8.63. The Balaban J connectivity index is 3.18. The number of methoxy groups -OCH3 is 1. The molecule has 14 heavy (non-hydrogen) atoms. The minimum Gasteiger partial charge on any atom is -0.508 e. The molecule has 0 aliphatic heterocycles. The number of aryl methyl sites for hydroxylation is 1. The van der Waals surface area contributed by atoms with Gasteiger partial charge in [-0.15, -0.1) is 0 Å². The fourth-order valence-electron chi connectivity index (χ4n) is 1.37. The van der Waals surface area contributed by atoms with Crippen molar-refractivity contribution in [1.29, 1.82) is 0 Å². The quantitative estimate of drug-likeness (QED) is 0.798. The number of hydrogen-bond donors (Lipinski definition) is 1. The van der Waals surface area contributed by atoms with Crippen molar-refractivity contribution in [2.45, 2.75) is 20.3 Å². The highest BCUT2D eigenvalue weighted by Gasteiger charge is 2.11. The summed E-state index contributed by atoms with van der Waals surface area (Å²) >= 11 is 0. The first kappa shape index (κ1) is 10.6. The maximum absolute atomic E-state index is 11.0. The Bertz CT molecular complexity index is 356. The predicted molar refractivity (Wildman–Crippen MR) is 53.8 cm³/mol. The van der Waals surface area contributed by atoms with Gasteiger partial charge in [-0.05, 0) is 31.5 Å². The first-order chi connectivity index (χ1) is 6.54. The molecule has 0 amide bonds. The second-order valence-electron chi connectivity index (χ2n) is 3.34. The fraction of sp³-hybridized carbons (Fsp3) is 0.364. The van der Waals surface area contributed by atoms with E-state index in [1.165, 1.54) is 14.0 Å². The molecule has 0 saturated heterocycles. The summed E-state index contributed by atoms with van der Waals surface area (Å²) < 4.78 is 5.10. The van der Waals surface area contributed by atoms with Crippen LogP contribution in [-0.4, -0.2) is 18.0 Å². The summed E-state index contributed by atoms with van der Waals surface area (Å²) in [6, 6.07) is 3.43. The topological polar surface area (TPSA) is 46.5 Å². The first-order valence-electron chi connectivity index (χ1n) is 4.40. The van der Waals surface area contributed by atoms with Crippen LogP contribution < -0.4 is 4.74 Å². The predicted octanol–water partition coefficient (Wildman–Crippen LogP) is 1.84. The molecule has 1 aromatic carbocycles. The maximum Gasteiger partial charge on any atom is 0.134 e. The van der Waals surface area contributed by atoms with Crippen molar-refractivity contribution in [3.8, 4) is 11.5 Å². The molecule has 0 bridgehead atoms. The number of carbonyl (C=O) groups is 1. The van der Waals surface area contributed by atoms with Gasteiger partial charge in [-0.3, -0.25) is 4.79 Å². The largest absolute Gasteiger partial charge is 0.508 e. The second kappa shape index (κ2) is 4.13. The van der Waals surface area contributed by atoms with E-state index in [2.05, 4.69) is 0 Å². The molecule has 0 saturated carbocycles.